The molecule has 2 aromatic carbocycles. The summed E-state index contributed by atoms with van der Waals surface area (Å²) < 4.78 is 0. The molecule has 0 amide bonds. The molecular formula is C28H27N2+. The van der Waals surface area contributed by atoms with Crippen LogP contribution in [0.1, 0.15) is 36.6 Å². The van der Waals surface area contributed by atoms with Crippen molar-refractivity contribution in [1.82, 2.24) is 4.98 Å². The Morgan fingerprint density at radius 2 is 1.57 bits per heavy atom. The highest BCUT2D eigenvalue weighted by Gasteiger charge is 2.29. The van der Waals surface area contributed by atoms with Gasteiger partial charge < -0.3 is 5.32 Å². The van der Waals surface area contributed by atoms with Gasteiger partial charge in [-0.2, -0.15) is 0 Å². The van der Waals surface area contributed by atoms with Crippen molar-refractivity contribution in [1.29, 1.82) is 0 Å². The van der Waals surface area contributed by atoms with Gasteiger partial charge in [-0.05, 0) is 30.5 Å². The topological polar surface area (TPSA) is 29.5 Å². The number of aromatic nitrogens is 1. The second kappa shape index (κ2) is 8.64. The van der Waals surface area contributed by atoms with E-state index in [1.807, 2.05) is 6.07 Å². The molecule has 3 aromatic rings. The summed E-state index contributed by atoms with van der Waals surface area (Å²) in [6, 6.07) is 28.2. The van der Waals surface area contributed by atoms with Crippen LogP contribution in [-0.2, 0) is 0 Å². The third-order valence-electron chi connectivity index (χ3n) is 6.06. The van der Waals surface area contributed by atoms with Gasteiger partial charge >= 0.3 is 0 Å². The van der Waals surface area contributed by atoms with Crippen LogP contribution in [0.2, 0.25) is 0 Å². The predicted molar refractivity (Wildman–Crippen MR) is 123 cm³/mol. The minimum atomic E-state index is 0.162. The Kier molecular flexibility index (Phi) is 5.41. The zero-order valence-electron chi connectivity index (χ0n) is 17.1. The molecule has 2 nitrogen and oxygen atoms in total. The zero-order valence-corrected chi connectivity index (χ0v) is 17.1. The van der Waals surface area contributed by atoms with E-state index in [-0.39, 0.29) is 6.04 Å². The van der Waals surface area contributed by atoms with Gasteiger partial charge in [0.2, 0.25) is 0 Å². The van der Waals surface area contributed by atoms with E-state index in [9.17, 15) is 0 Å². The molecule has 0 fully saturated rings. The summed E-state index contributed by atoms with van der Waals surface area (Å²) in [5, 5.41) is 2.51. The Labute approximate surface area is 178 Å². The Hall–Kier alpha value is -3.23. The van der Waals surface area contributed by atoms with E-state index >= 15 is 0 Å². The molecule has 148 valence electrons. The lowest BCUT2D eigenvalue weighted by molar-refractivity contribution is -0.712. The molecule has 1 aromatic heterocycles. The maximum absolute atomic E-state index is 5.11. The fraction of sp³-hybridized carbons (Fsp3) is 0.179. The van der Waals surface area contributed by atoms with Gasteiger partial charge in [0, 0.05) is 23.1 Å². The first-order chi connectivity index (χ1) is 14.9. The number of fused-ring (bicyclic) bond motifs is 1. The number of rotatable bonds is 5. The molecule has 2 heteroatoms. The minimum absolute atomic E-state index is 0.162. The van der Waals surface area contributed by atoms with Crippen LogP contribution in [0.3, 0.4) is 0 Å². The maximum Gasteiger partial charge on any atom is 0.155 e. The molecule has 1 heterocycles. The number of pyridine rings is 1. The van der Waals surface area contributed by atoms with E-state index in [4.69, 9.17) is 4.98 Å². The van der Waals surface area contributed by atoms with E-state index in [1.165, 1.54) is 16.7 Å². The lowest BCUT2D eigenvalue weighted by Crippen LogP contribution is -2.91. The number of hydrogen-bond donors (Lipinski definition) is 1. The van der Waals surface area contributed by atoms with Crippen LogP contribution in [0, 0.1) is 0 Å². The molecule has 0 aliphatic heterocycles. The van der Waals surface area contributed by atoms with Crippen LogP contribution >= 0.6 is 0 Å². The summed E-state index contributed by atoms with van der Waals surface area (Å²) in [5.74, 6) is 0. The summed E-state index contributed by atoms with van der Waals surface area (Å²) in [4.78, 5) is 5.11. The average Bonchev–Trinajstić information content (AvgIpc) is 2.84. The molecule has 2 unspecified atom stereocenters. The second-order valence-electron chi connectivity index (χ2n) is 8.04. The molecule has 2 atom stereocenters. The first kappa shape index (κ1) is 18.8. The van der Waals surface area contributed by atoms with E-state index < -0.39 is 0 Å². The molecule has 30 heavy (non-hydrogen) atoms. The predicted octanol–water partition coefficient (Wildman–Crippen LogP) is 5.38. The third kappa shape index (κ3) is 3.92. The van der Waals surface area contributed by atoms with Gasteiger partial charge in [0.15, 0.2) is 6.04 Å². The van der Waals surface area contributed by atoms with E-state index in [0.29, 0.717) is 6.04 Å². The fourth-order valence-corrected chi connectivity index (χ4v) is 4.56. The minimum Gasteiger partial charge on any atom is -0.329 e. The van der Waals surface area contributed by atoms with Gasteiger partial charge in [0.05, 0.1) is 5.69 Å². The Morgan fingerprint density at radius 1 is 0.800 bits per heavy atom. The van der Waals surface area contributed by atoms with Gasteiger partial charge in [-0.25, -0.2) is 4.98 Å². The van der Waals surface area contributed by atoms with Gasteiger partial charge in [-0.15, -0.1) is 0 Å². The SMILES string of the molecule is C1=CC2=CCCC=C2C([NH2+]C(c2ccccc2)c2cccc(-c3ccccc3)n2)C1. The van der Waals surface area contributed by atoms with E-state index in [1.54, 1.807) is 0 Å². The fourth-order valence-electron chi connectivity index (χ4n) is 4.56. The number of allylic oxidation sites excluding steroid dienone is 3. The van der Waals surface area contributed by atoms with Gasteiger partial charge in [-0.3, -0.25) is 0 Å². The maximum atomic E-state index is 5.11. The number of hydrogen-bond acceptors (Lipinski definition) is 1. The quantitative estimate of drug-likeness (QED) is 0.622. The zero-order chi connectivity index (χ0) is 20.2. The first-order valence-electron chi connectivity index (χ1n) is 10.9. The van der Waals surface area contributed by atoms with Crippen LogP contribution in [0.15, 0.2) is 114 Å². The van der Waals surface area contributed by atoms with Crippen molar-refractivity contribution in [3.8, 4) is 11.3 Å². The third-order valence-corrected chi connectivity index (χ3v) is 6.06. The number of nitrogens with zero attached hydrogens (tertiary/aromatic N) is 1. The highest BCUT2D eigenvalue weighted by atomic mass is 15.0. The van der Waals surface area contributed by atoms with Crippen molar-refractivity contribution in [2.24, 2.45) is 0 Å². The Bertz CT molecular complexity index is 1090. The summed E-state index contributed by atoms with van der Waals surface area (Å²) in [7, 11) is 0. The van der Waals surface area contributed by atoms with E-state index in [2.05, 4.69) is 102 Å². The normalized spacial score (nSPS) is 18.9. The Balaban J connectivity index is 1.52. The number of nitrogens with two attached hydrogens (primary N) is 1. The van der Waals surface area contributed by atoms with Crippen LogP contribution in [-0.4, -0.2) is 11.0 Å². The van der Waals surface area contributed by atoms with Crippen molar-refractivity contribution in [3.05, 3.63) is 126 Å². The highest BCUT2D eigenvalue weighted by molar-refractivity contribution is 5.59. The summed E-state index contributed by atoms with van der Waals surface area (Å²) >= 11 is 0. The van der Waals surface area contributed by atoms with Crippen LogP contribution in [0.5, 0.6) is 0 Å². The molecule has 5 rings (SSSR count). The van der Waals surface area contributed by atoms with Gasteiger partial charge in [0.1, 0.15) is 11.7 Å². The van der Waals surface area contributed by atoms with Gasteiger partial charge in [0.25, 0.3) is 0 Å². The monoisotopic (exact) mass is 391 g/mol. The second-order valence-corrected chi connectivity index (χ2v) is 8.04. The van der Waals surface area contributed by atoms with Crippen molar-refractivity contribution >= 4 is 0 Å². The first-order valence-corrected chi connectivity index (χ1v) is 10.9. The standard InChI is InChI=1S/C28H26N2/c1-3-12-22(13-4-1)25-18-10-20-27(29-25)28(23-14-5-2-6-15-23)30-26-19-9-16-21-11-7-8-17-24(21)26/h1-6,9-18,20,26,28,30H,7-8,19H2/p+1. The van der Waals surface area contributed by atoms with Crippen molar-refractivity contribution < 1.29 is 5.32 Å². The summed E-state index contributed by atoms with van der Waals surface area (Å²) in [5.41, 5.74) is 7.50. The molecule has 0 bridgehead atoms. The molecule has 2 aliphatic carbocycles. The lowest BCUT2D eigenvalue weighted by Gasteiger charge is -2.28. The van der Waals surface area contributed by atoms with Crippen molar-refractivity contribution in [3.63, 3.8) is 0 Å². The van der Waals surface area contributed by atoms with E-state index in [0.717, 1.165) is 36.2 Å². The smallest absolute Gasteiger partial charge is 0.155 e. The molecule has 2 aliphatic rings. The average molecular weight is 392 g/mol. The van der Waals surface area contributed by atoms with Crippen LogP contribution < -0.4 is 5.32 Å². The largest absolute Gasteiger partial charge is 0.329 e. The highest BCUT2D eigenvalue weighted by Crippen LogP contribution is 2.28. The number of quaternary nitrogens is 1. The molecule has 0 spiro atoms. The molecular weight excluding hydrogens is 364 g/mol. The molecule has 0 saturated carbocycles. The van der Waals surface area contributed by atoms with Crippen LogP contribution in [0.25, 0.3) is 11.3 Å². The number of benzene rings is 2. The molecule has 2 N–H and O–H groups in total. The lowest BCUT2D eigenvalue weighted by atomic mass is 9.85. The van der Waals surface area contributed by atoms with Crippen molar-refractivity contribution in [2.75, 3.05) is 0 Å². The Morgan fingerprint density at radius 3 is 2.40 bits per heavy atom. The van der Waals surface area contributed by atoms with Gasteiger partial charge in [-0.1, -0.05) is 91.0 Å². The van der Waals surface area contributed by atoms with Crippen LogP contribution in [0.4, 0.5) is 0 Å². The molecule has 0 saturated heterocycles. The summed E-state index contributed by atoms with van der Waals surface area (Å²) in [6.07, 6.45) is 12.8. The summed E-state index contributed by atoms with van der Waals surface area (Å²) in [6.45, 7) is 0. The van der Waals surface area contributed by atoms with Crippen molar-refractivity contribution in [2.45, 2.75) is 31.3 Å². The molecule has 0 radical (unpaired) electrons.